The lowest BCUT2D eigenvalue weighted by Crippen LogP contribution is -2.08. The second-order valence-corrected chi connectivity index (χ2v) is 5.38. The number of aromatic hydroxyl groups is 1. The highest BCUT2D eigenvalue weighted by molar-refractivity contribution is 5.87. The number of aromatic nitrogens is 1. The van der Waals surface area contributed by atoms with Gasteiger partial charge in [0.15, 0.2) is 5.43 Å². The summed E-state index contributed by atoms with van der Waals surface area (Å²) in [4.78, 5) is 16.6. The van der Waals surface area contributed by atoms with E-state index < -0.39 is 0 Å². The van der Waals surface area contributed by atoms with Crippen LogP contribution in [0.4, 0.5) is 0 Å². The average molecular weight is 291 g/mol. The summed E-state index contributed by atoms with van der Waals surface area (Å²) in [5.74, 6) is 0.721. The third-order valence-corrected chi connectivity index (χ3v) is 3.93. The minimum atomic E-state index is -0.00848. The van der Waals surface area contributed by atoms with Crippen LogP contribution in [-0.4, -0.2) is 10.1 Å². The van der Waals surface area contributed by atoms with Gasteiger partial charge in [-0.3, -0.25) is 9.78 Å². The fourth-order valence-corrected chi connectivity index (χ4v) is 2.88. The SMILES string of the molecule is O=c1c2c(oc3cc(O)ccc13)C(=Cc1cccnc1)CC2. The molecule has 1 aliphatic carbocycles. The van der Waals surface area contributed by atoms with Crippen LogP contribution in [0.15, 0.2) is 51.9 Å². The largest absolute Gasteiger partial charge is 0.508 e. The molecule has 108 valence electrons. The predicted molar refractivity (Wildman–Crippen MR) is 84.6 cm³/mol. The molecule has 1 N–H and O–H groups in total. The highest BCUT2D eigenvalue weighted by Gasteiger charge is 2.23. The Labute approximate surface area is 126 Å². The summed E-state index contributed by atoms with van der Waals surface area (Å²) in [7, 11) is 0. The number of pyridine rings is 1. The summed E-state index contributed by atoms with van der Waals surface area (Å²) in [6.45, 7) is 0. The van der Waals surface area contributed by atoms with Crippen LogP contribution in [0.3, 0.4) is 0 Å². The summed E-state index contributed by atoms with van der Waals surface area (Å²) < 4.78 is 5.90. The van der Waals surface area contributed by atoms with Gasteiger partial charge in [0.2, 0.25) is 0 Å². The predicted octanol–water partition coefficient (Wildman–Crippen LogP) is 3.38. The fraction of sp³-hybridized carbons (Fsp3) is 0.111. The van der Waals surface area contributed by atoms with E-state index in [1.54, 1.807) is 18.5 Å². The van der Waals surface area contributed by atoms with Crippen molar-refractivity contribution in [3.05, 3.63) is 69.8 Å². The Morgan fingerprint density at radius 3 is 2.95 bits per heavy atom. The van der Waals surface area contributed by atoms with Crippen molar-refractivity contribution in [2.45, 2.75) is 12.8 Å². The van der Waals surface area contributed by atoms with E-state index in [4.69, 9.17) is 4.42 Å². The molecule has 3 aromatic rings. The molecule has 4 rings (SSSR count). The lowest BCUT2D eigenvalue weighted by atomic mass is 10.1. The van der Waals surface area contributed by atoms with Crippen LogP contribution in [-0.2, 0) is 6.42 Å². The molecule has 0 amide bonds. The van der Waals surface area contributed by atoms with Gasteiger partial charge in [0.05, 0.1) is 5.39 Å². The molecule has 0 fully saturated rings. The number of rotatable bonds is 1. The third kappa shape index (κ3) is 2.00. The van der Waals surface area contributed by atoms with Gasteiger partial charge in [-0.2, -0.15) is 0 Å². The van der Waals surface area contributed by atoms with E-state index in [0.29, 0.717) is 28.7 Å². The van der Waals surface area contributed by atoms with E-state index in [-0.39, 0.29) is 11.2 Å². The maximum atomic E-state index is 12.5. The number of fused-ring (bicyclic) bond motifs is 2. The highest BCUT2D eigenvalue weighted by atomic mass is 16.3. The first-order valence-corrected chi connectivity index (χ1v) is 7.12. The van der Waals surface area contributed by atoms with E-state index in [1.165, 1.54) is 12.1 Å². The van der Waals surface area contributed by atoms with Gasteiger partial charge in [-0.1, -0.05) is 6.07 Å². The molecule has 0 aliphatic heterocycles. The standard InChI is InChI=1S/C18H13NO3/c20-13-4-6-14-16(9-13)22-18-12(3-5-15(18)17(14)21)8-11-2-1-7-19-10-11/h1-2,4,6-10,20H,3,5H2. The van der Waals surface area contributed by atoms with Crippen molar-refractivity contribution in [1.82, 2.24) is 4.98 Å². The third-order valence-electron chi connectivity index (χ3n) is 3.93. The molecule has 4 heteroatoms. The summed E-state index contributed by atoms with van der Waals surface area (Å²) >= 11 is 0. The van der Waals surface area contributed by atoms with Gasteiger partial charge >= 0.3 is 0 Å². The van der Waals surface area contributed by atoms with Gasteiger partial charge in [0.1, 0.15) is 17.1 Å². The number of hydrogen-bond acceptors (Lipinski definition) is 4. The van der Waals surface area contributed by atoms with Gasteiger partial charge in [-0.05, 0) is 48.3 Å². The van der Waals surface area contributed by atoms with Crippen LogP contribution in [0, 0.1) is 0 Å². The van der Waals surface area contributed by atoms with Crippen molar-refractivity contribution in [2.75, 3.05) is 0 Å². The molecule has 0 bridgehead atoms. The van der Waals surface area contributed by atoms with Crippen LogP contribution in [0.2, 0.25) is 0 Å². The minimum absolute atomic E-state index is 0.00848. The first-order valence-electron chi connectivity index (χ1n) is 7.12. The van der Waals surface area contributed by atoms with Crippen molar-refractivity contribution >= 4 is 22.6 Å². The van der Waals surface area contributed by atoms with Crippen LogP contribution in [0.5, 0.6) is 5.75 Å². The Morgan fingerprint density at radius 2 is 2.14 bits per heavy atom. The number of nitrogens with zero attached hydrogens (tertiary/aromatic N) is 1. The van der Waals surface area contributed by atoms with Crippen molar-refractivity contribution in [3.8, 4) is 5.75 Å². The molecular weight excluding hydrogens is 278 g/mol. The van der Waals surface area contributed by atoms with E-state index in [0.717, 1.165) is 17.6 Å². The molecule has 22 heavy (non-hydrogen) atoms. The summed E-state index contributed by atoms with van der Waals surface area (Å²) in [6, 6.07) is 8.43. The van der Waals surface area contributed by atoms with Crippen LogP contribution in [0.25, 0.3) is 22.6 Å². The van der Waals surface area contributed by atoms with Gasteiger partial charge < -0.3 is 9.52 Å². The topological polar surface area (TPSA) is 63.3 Å². The van der Waals surface area contributed by atoms with Crippen molar-refractivity contribution in [1.29, 1.82) is 0 Å². The van der Waals surface area contributed by atoms with E-state index in [1.807, 2.05) is 18.2 Å². The first-order chi connectivity index (χ1) is 10.7. The number of phenols is 1. The molecule has 1 aromatic carbocycles. The molecule has 1 aliphatic rings. The van der Waals surface area contributed by atoms with Crippen LogP contribution < -0.4 is 5.43 Å². The molecule has 0 atom stereocenters. The molecule has 0 spiro atoms. The highest BCUT2D eigenvalue weighted by Crippen LogP contribution is 2.34. The van der Waals surface area contributed by atoms with E-state index in [2.05, 4.69) is 4.98 Å². The molecule has 2 heterocycles. The zero-order chi connectivity index (χ0) is 15.1. The zero-order valence-corrected chi connectivity index (χ0v) is 11.7. The zero-order valence-electron chi connectivity index (χ0n) is 11.7. The van der Waals surface area contributed by atoms with Gasteiger partial charge in [-0.15, -0.1) is 0 Å². The van der Waals surface area contributed by atoms with Crippen molar-refractivity contribution < 1.29 is 9.52 Å². The summed E-state index contributed by atoms with van der Waals surface area (Å²) in [6.07, 6.45) is 6.94. The fourth-order valence-electron chi connectivity index (χ4n) is 2.88. The lowest BCUT2D eigenvalue weighted by molar-refractivity contribution is 0.473. The monoisotopic (exact) mass is 291 g/mol. The molecule has 4 nitrogen and oxygen atoms in total. The van der Waals surface area contributed by atoms with Gasteiger partial charge in [0.25, 0.3) is 0 Å². The Bertz CT molecular complexity index is 955. The maximum Gasteiger partial charge on any atom is 0.196 e. The van der Waals surface area contributed by atoms with Crippen LogP contribution in [0.1, 0.15) is 23.3 Å². The molecule has 0 unspecified atom stereocenters. The Kier molecular flexibility index (Phi) is 2.82. The molecule has 0 saturated carbocycles. The maximum absolute atomic E-state index is 12.5. The second kappa shape index (κ2) is 4.84. The van der Waals surface area contributed by atoms with Crippen molar-refractivity contribution in [2.24, 2.45) is 0 Å². The van der Waals surface area contributed by atoms with Crippen molar-refractivity contribution in [3.63, 3.8) is 0 Å². The van der Waals surface area contributed by atoms with Crippen LogP contribution >= 0.6 is 0 Å². The summed E-state index contributed by atoms with van der Waals surface area (Å²) in [5.41, 5.74) is 3.09. The minimum Gasteiger partial charge on any atom is -0.508 e. The molecular formula is C18H13NO3. The number of allylic oxidation sites excluding steroid dienone is 1. The number of benzene rings is 1. The van der Waals surface area contributed by atoms with E-state index in [9.17, 15) is 9.90 Å². The Hall–Kier alpha value is -2.88. The number of phenolic OH excluding ortho intramolecular Hbond substituents is 1. The quantitative estimate of drug-likeness (QED) is 0.746. The first kappa shape index (κ1) is 12.8. The summed E-state index contributed by atoms with van der Waals surface area (Å²) in [5, 5.41) is 10.1. The smallest absolute Gasteiger partial charge is 0.196 e. The molecule has 0 saturated heterocycles. The number of hydrogen-bond donors (Lipinski definition) is 1. The molecule has 0 radical (unpaired) electrons. The van der Waals surface area contributed by atoms with E-state index >= 15 is 0 Å². The van der Waals surface area contributed by atoms with Gasteiger partial charge in [0, 0.05) is 24.0 Å². The molecule has 2 aromatic heterocycles. The van der Waals surface area contributed by atoms with Gasteiger partial charge in [-0.25, -0.2) is 0 Å². The second-order valence-electron chi connectivity index (χ2n) is 5.38. The average Bonchev–Trinajstić information content (AvgIpc) is 2.91. The Morgan fingerprint density at radius 1 is 1.23 bits per heavy atom. The Balaban J connectivity index is 1.93. The normalized spacial score (nSPS) is 15.4. The lowest BCUT2D eigenvalue weighted by Gasteiger charge is -2.04.